The second kappa shape index (κ2) is 4.87. The van der Waals surface area contributed by atoms with Crippen LogP contribution in [-0.4, -0.2) is 42.0 Å². The molecule has 100 valence electrons. The summed E-state index contributed by atoms with van der Waals surface area (Å²) in [5.74, 6) is -0.0485. The normalized spacial score (nSPS) is 20.0. The number of carbonyl (C=O) groups excluding carboxylic acids is 1. The number of nitrogens with zero attached hydrogens (tertiary/aromatic N) is 1. The van der Waals surface area contributed by atoms with E-state index in [0.29, 0.717) is 10.7 Å². The molecule has 0 bridgehead atoms. The highest BCUT2D eigenvalue weighted by Gasteiger charge is 2.22. The smallest absolute Gasteiger partial charge is 0.267 e. The van der Waals surface area contributed by atoms with E-state index in [1.54, 1.807) is 0 Å². The SMILES string of the molecule is CN1CC[C@@H](NC(=O)c2cc3ccc(Cl)cc3[nH]2)C1. The second-order valence-corrected chi connectivity index (χ2v) is 5.57. The van der Waals surface area contributed by atoms with E-state index in [2.05, 4.69) is 22.2 Å². The average molecular weight is 278 g/mol. The molecule has 5 heteroatoms. The lowest BCUT2D eigenvalue weighted by Gasteiger charge is -2.11. The fraction of sp³-hybridized carbons (Fsp3) is 0.357. The Kier molecular flexibility index (Phi) is 3.21. The number of rotatable bonds is 2. The number of aromatic amines is 1. The van der Waals surface area contributed by atoms with Crippen molar-refractivity contribution < 1.29 is 4.79 Å². The van der Waals surface area contributed by atoms with Crippen molar-refractivity contribution >= 4 is 28.4 Å². The van der Waals surface area contributed by atoms with Crippen molar-refractivity contribution in [2.45, 2.75) is 12.5 Å². The number of fused-ring (bicyclic) bond motifs is 1. The molecule has 0 spiro atoms. The molecule has 1 atom stereocenters. The van der Waals surface area contributed by atoms with Gasteiger partial charge in [-0.3, -0.25) is 4.79 Å². The Morgan fingerprint density at radius 1 is 1.47 bits per heavy atom. The van der Waals surface area contributed by atoms with Crippen LogP contribution in [0.4, 0.5) is 0 Å². The van der Waals surface area contributed by atoms with Crippen molar-refractivity contribution in [2.75, 3.05) is 20.1 Å². The van der Waals surface area contributed by atoms with E-state index in [1.807, 2.05) is 24.3 Å². The van der Waals surface area contributed by atoms with Crippen LogP contribution < -0.4 is 5.32 Å². The molecule has 0 radical (unpaired) electrons. The maximum absolute atomic E-state index is 12.2. The maximum atomic E-state index is 12.2. The number of halogens is 1. The minimum Gasteiger partial charge on any atom is -0.350 e. The number of likely N-dealkylation sites (N-methyl/N-ethyl adjacent to an activating group) is 1. The van der Waals surface area contributed by atoms with E-state index < -0.39 is 0 Å². The zero-order valence-corrected chi connectivity index (χ0v) is 11.5. The Morgan fingerprint density at radius 3 is 3.05 bits per heavy atom. The van der Waals surface area contributed by atoms with Crippen LogP contribution in [0.15, 0.2) is 24.3 Å². The summed E-state index contributed by atoms with van der Waals surface area (Å²) in [5, 5.41) is 4.72. The van der Waals surface area contributed by atoms with Gasteiger partial charge >= 0.3 is 0 Å². The number of aromatic nitrogens is 1. The quantitative estimate of drug-likeness (QED) is 0.885. The molecule has 2 heterocycles. The van der Waals surface area contributed by atoms with E-state index >= 15 is 0 Å². The zero-order valence-electron chi connectivity index (χ0n) is 10.7. The number of H-pyrrole nitrogens is 1. The molecule has 4 nitrogen and oxygen atoms in total. The van der Waals surface area contributed by atoms with Gasteiger partial charge in [-0.1, -0.05) is 17.7 Å². The molecular formula is C14H16ClN3O. The summed E-state index contributed by atoms with van der Waals surface area (Å²) in [6, 6.07) is 7.67. The molecule has 2 aromatic rings. The lowest BCUT2D eigenvalue weighted by atomic mass is 10.2. The third kappa shape index (κ3) is 2.60. The lowest BCUT2D eigenvalue weighted by molar-refractivity contribution is 0.0934. The van der Waals surface area contributed by atoms with Crippen LogP contribution >= 0.6 is 11.6 Å². The highest BCUT2D eigenvalue weighted by atomic mass is 35.5. The Morgan fingerprint density at radius 2 is 2.32 bits per heavy atom. The first kappa shape index (κ1) is 12.5. The summed E-state index contributed by atoms with van der Waals surface area (Å²) in [4.78, 5) is 17.5. The molecular weight excluding hydrogens is 262 g/mol. The fourth-order valence-electron chi connectivity index (χ4n) is 2.54. The molecule has 1 aromatic carbocycles. The molecule has 1 aliphatic rings. The number of hydrogen-bond donors (Lipinski definition) is 2. The predicted molar refractivity (Wildman–Crippen MR) is 76.7 cm³/mol. The van der Waals surface area contributed by atoms with E-state index in [9.17, 15) is 4.79 Å². The Hall–Kier alpha value is -1.52. The molecule has 1 amide bonds. The molecule has 0 aliphatic carbocycles. The maximum Gasteiger partial charge on any atom is 0.267 e. The Labute approximate surface area is 116 Å². The first-order chi connectivity index (χ1) is 9.11. The van der Waals surface area contributed by atoms with Gasteiger partial charge in [0, 0.05) is 28.5 Å². The molecule has 1 aromatic heterocycles. The molecule has 0 saturated carbocycles. The Bertz CT molecular complexity index is 622. The highest BCUT2D eigenvalue weighted by Crippen LogP contribution is 2.20. The standard InChI is InChI=1S/C14H16ClN3O/c1-18-5-4-11(8-18)16-14(19)13-6-9-2-3-10(15)7-12(9)17-13/h2-3,6-7,11,17H,4-5,8H2,1H3,(H,16,19)/t11-/m1/s1. The average Bonchev–Trinajstić information content (AvgIpc) is 2.95. The minimum atomic E-state index is -0.0485. The first-order valence-corrected chi connectivity index (χ1v) is 6.77. The summed E-state index contributed by atoms with van der Waals surface area (Å²) in [6.07, 6.45) is 1.01. The predicted octanol–water partition coefficient (Wildman–Crippen LogP) is 2.26. The summed E-state index contributed by atoms with van der Waals surface area (Å²) < 4.78 is 0. The summed E-state index contributed by atoms with van der Waals surface area (Å²) >= 11 is 5.93. The number of hydrogen-bond acceptors (Lipinski definition) is 2. The van der Waals surface area contributed by atoms with E-state index in [0.717, 1.165) is 30.4 Å². The second-order valence-electron chi connectivity index (χ2n) is 5.14. The molecule has 1 fully saturated rings. The third-order valence-electron chi connectivity index (χ3n) is 3.56. The Balaban J connectivity index is 1.78. The topological polar surface area (TPSA) is 48.1 Å². The van der Waals surface area contributed by atoms with Crippen LogP contribution in [0.25, 0.3) is 10.9 Å². The summed E-state index contributed by atoms with van der Waals surface area (Å²) in [5.41, 5.74) is 1.48. The van der Waals surface area contributed by atoms with Gasteiger partial charge in [0.1, 0.15) is 5.69 Å². The number of amides is 1. The van der Waals surface area contributed by atoms with Crippen LogP contribution in [0.5, 0.6) is 0 Å². The molecule has 19 heavy (non-hydrogen) atoms. The monoisotopic (exact) mass is 277 g/mol. The van der Waals surface area contributed by atoms with Gasteiger partial charge in [-0.25, -0.2) is 0 Å². The molecule has 1 saturated heterocycles. The molecule has 2 N–H and O–H groups in total. The van der Waals surface area contributed by atoms with Crippen LogP contribution in [0, 0.1) is 0 Å². The zero-order chi connectivity index (χ0) is 13.4. The van der Waals surface area contributed by atoms with Crippen molar-refractivity contribution in [3.8, 4) is 0 Å². The first-order valence-electron chi connectivity index (χ1n) is 6.39. The van der Waals surface area contributed by atoms with Crippen molar-refractivity contribution in [1.82, 2.24) is 15.2 Å². The van der Waals surface area contributed by atoms with Gasteiger partial charge in [-0.2, -0.15) is 0 Å². The molecule has 0 unspecified atom stereocenters. The van der Waals surface area contributed by atoms with Gasteiger partial charge in [0.15, 0.2) is 0 Å². The van der Waals surface area contributed by atoms with Crippen molar-refractivity contribution in [1.29, 1.82) is 0 Å². The van der Waals surface area contributed by atoms with Crippen LogP contribution in [0.2, 0.25) is 5.02 Å². The van der Waals surface area contributed by atoms with E-state index in [-0.39, 0.29) is 11.9 Å². The number of likely N-dealkylation sites (tertiary alicyclic amines) is 1. The van der Waals surface area contributed by atoms with E-state index in [4.69, 9.17) is 11.6 Å². The van der Waals surface area contributed by atoms with Gasteiger partial charge in [-0.15, -0.1) is 0 Å². The molecule has 1 aliphatic heterocycles. The number of nitrogens with one attached hydrogen (secondary N) is 2. The van der Waals surface area contributed by atoms with Gasteiger partial charge < -0.3 is 15.2 Å². The van der Waals surface area contributed by atoms with Gasteiger partial charge in [0.25, 0.3) is 5.91 Å². The van der Waals surface area contributed by atoms with Gasteiger partial charge in [0.05, 0.1) is 0 Å². The van der Waals surface area contributed by atoms with E-state index in [1.165, 1.54) is 0 Å². The van der Waals surface area contributed by atoms with Gasteiger partial charge in [0.2, 0.25) is 0 Å². The van der Waals surface area contributed by atoms with Crippen molar-refractivity contribution in [3.05, 3.63) is 35.0 Å². The minimum absolute atomic E-state index is 0.0485. The number of benzene rings is 1. The highest BCUT2D eigenvalue weighted by molar-refractivity contribution is 6.31. The molecule has 3 rings (SSSR count). The summed E-state index contributed by atoms with van der Waals surface area (Å²) in [7, 11) is 2.07. The van der Waals surface area contributed by atoms with Crippen molar-refractivity contribution in [3.63, 3.8) is 0 Å². The van der Waals surface area contributed by atoms with Crippen LogP contribution in [0.1, 0.15) is 16.9 Å². The summed E-state index contributed by atoms with van der Waals surface area (Å²) in [6.45, 7) is 1.95. The number of carbonyl (C=O) groups is 1. The fourth-order valence-corrected chi connectivity index (χ4v) is 2.71. The largest absolute Gasteiger partial charge is 0.350 e. The van der Waals surface area contributed by atoms with Crippen LogP contribution in [-0.2, 0) is 0 Å². The van der Waals surface area contributed by atoms with Crippen molar-refractivity contribution in [2.24, 2.45) is 0 Å². The third-order valence-corrected chi connectivity index (χ3v) is 3.79. The van der Waals surface area contributed by atoms with Gasteiger partial charge in [-0.05, 0) is 38.2 Å². The lowest BCUT2D eigenvalue weighted by Crippen LogP contribution is -2.36. The van der Waals surface area contributed by atoms with Crippen LogP contribution in [0.3, 0.4) is 0 Å².